The van der Waals surface area contributed by atoms with Crippen molar-refractivity contribution in [3.05, 3.63) is 120 Å². The summed E-state index contributed by atoms with van der Waals surface area (Å²) in [6.07, 6.45) is 3.49. The number of anilines is 1. The molecule has 7 nitrogen and oxygen atoms in total. The molecule has 0 spiro atoms. The average Bonchev–Trinajstić information content (AvgIpc) is 2.96. The number of benzene rings is 3. The molecule has 4 aromatic rings. The number of amides is 2. The Morgan fingerprint density at radius 2 is 1.27 bits per heavy atom. The molecule has 190 valence electrons. The van der Waals surface area contributed by atoms with Gasteiger partial charge in [0, 0.05) is 63.5 Å². The van der Waals surface area contributed by atoms with Crippen LogP contribution in [-0.4, -0.2) is 43.1 Å². The van der Waals surface area contributed by atoms with Gasteiger partial charge >= 0.3 is 0 Å². The van der Waals surface area contributed by atoms with E-state index >= 15 is 0 Å². The topological polar surface area (TPSA) is 94.6 Å². The number of aliphatic hydroxyl groups excluding tert-OH is 1. The first-order valence-electron chi connectivity index (χ1n) is 11.9. The molecule has 0 unspecified atom stereocenters. The van der Waals surface area contributed by atoms with Gasteiger partial charge in [0.25, 0.3) is 11.8 Å². The normalized spacial score (nSPS) is 10.1. The Labute approximate surface area is 217 Å². The predicted octanol–water partition coefficient (Wildman–Crippen LogP) is 4.28. The van der Waals surface area contributed by atoms with E-state index in [1.165, 1.54) is 0 Å². The highest BCUT2D eigenvalue weighted by molar-refractivity contribution is 5.95. The molecule has 0 saturated heterocycles. The van der Waals surface area contributed by atoms with E-state index in [-0.39, 0.29) is 11.8 Å². The highest BCUT2D eigenvalue weighted by Crippen LogP contribution is 2.19. The Morgan fingerprint density at radius 3 is 1.89 bits per heavy atom. The first-order valence-corrected chi connectivity index (χ1v) is 11.9. The van der Waals surface area contributed by atoms with E-state index in [4.69, 9.17) is 5.11 Å². The Kier molecular flexibility index (Phi) is 9.93. The van der Waals surface area contributed by atoms with Gasteiger partial charge in [0.15, 0.2) is 0 Å². The van der Waals surface area contributed by atoms with E-state index in [2.05, 4.69) is 15.6 Å². The Balaban J connectivity index is 0.00000186. The number of nitrogens with zero attached hydrogens (tertiary/aromatic N) is 2. The molecular weight excluding hydrogens is 464 g/mol. The summed E-state index contributed by atoms with van der Waals surface area (Å²) in [7, 11) is 4.98. The van der Waals surface area contributed by atoms with E-state index in [1.807, 2.05) is 79.7 Å². The number of nitrogens with one attached hydrogen (secondary N) is 2. The third kappa shape index (κ3) is 7.75. The van der Waals surface area contributed by atoms with Crippen molar-refractivity contribution >= 4 is 17.5 Å². The molecule has 0 aliphatic heterocycles. The smallest absolute Gasteiger partial charge is 0.251 e. The van der Waals surface area contributed by atoms with Crippen molar-refractivity contribution < 1.29 is 14.7 Å². The maximum Gasteiger partial charge on any atom is 0.251 e. The molecule has 37 heavy (non-hydrogen) atoms. The second-order valence-electron chi connectivity index (χ2n) is 8.44. The van der Waals surface area contributed by atoms with Gasteiger partial charge in [-0.1, -0.05) is 36.4 Å². The van der Waals surface area contributed by atoms with Gasteiger partial charge in [-0.05, 0) is 70.8 Å². The zero-order valence-corrected chi connectivity index (χ0v) is 21.3. The Bertz CT molecular complexity index is 1290. The molecular formula is C30H32N4O3. The molecule has 3 N–H and O–H groups in total. The second-order valence-corrected chi connectivity index (χ2v) is 8.44. The zero-order valence-electron chi connectivity index (χ0n) is 21.3. The third-order valence-corrected chi connectivity index (χ3v) is 5.71. The van der Waals surface area contributed by atoms with Gasteiger partial charge in [-0.2, -0.15) is 0 Å². The van der Waals surface area contributed by atoms with Crippen LogP contribution in [0.1, 0.15) is 31.8 Å². The van der Waals surface area contributed by atoms with E-state index in [1.54, 1.807) is 36.7 Å². The van der Waals surface area contributed by atoms with Crippen molar-refractivity contribution in [2.75, 3.05) is 26.1 Å². The third-order valence-electron chi connectivity index (χ3n) is 5.71. The van der Waals surface area contributed by atoms with Crippen LogP contribution in [0, 0.1) is 0 Å². The van der Waals surface area contributed by atoms with Crippen LogP contribution in [-0.2, 0) is 13.1 Å². The van der Waals surface area contributed by atoms with Gasteiger partial charge < -0.3 is 20.6 Å². The number of rotatable bonds is 8. The van der Waals surface area contributed by atoms with Crippen LogP contribution in [0.5, 0.6) is 0 Å². The fourth-order valence-corrected chi connectivity index (χ4v) is 3.66. The van der Waals surface area contributed by atoms with Crippen LogP contribution in [0.2, 0.25) is 0 Å². The molecule has 3 aromatic carbocycles. The molecule has 1 heterocycles. The molecule has 1 aromatic heterocycles. The van der Waals surface area contributed by atoms with Crippen molar-refractivity contribution in [3.8, 4) is 11.1 Å². The summed E-state index contributed by atoms with van der Waals surface area (Å²) in [6.45, 7) is 0.779. The SMILES string of the molecule is CN(C)c1ccc(CNC(=O)c2cccc(CNC(=O)c3ccc(-c4ccncc4)cc3)c2)cc1.CO. The molecule has 0 atom stereocenters. The Hall–Kier alpha value is -4.49. The summed E-state index contributed by atoms with van der Waals surface area (Å²) < 4.78 is 0. The number of carbonyl (C=O) groups is 2. The predicted molar refractivity (Wildman–Crippen MR) is 147 cm³/mol. The van der Waals surface area contributed by atoms with E-state index in [0.29, 0.717) is 24.2 Å². The molecule has 4 rings (SSSR count). The van der Waals surface area contributed by atoms with Crippen LogP contribution >= 0.6 is 0 Å². The van der Waals surface area contributed by atoms with E-state index < -0.39 is 0 Å². The van der Waals surface area contributed by atoms with E-state index in [0.717, 1.165) is 35.1 Å². The highest BCUT2D eigenvalue weighted by atomic mass is 16.2. The summed E-state index contributed by atoms with van der Waals surface area (Å²) in [5.41, 5.74) is 6.21. The number of carbonyl (C=O) groups excluding carboxylic acids is 2. The summed E-state index contributed by atoms with van der Waals surface area (Å²) in [4.78, 5) is 31.3. The van der Waals surface area contributed by atoms with Crippen LogP contribution in [0.25, 0.3) is 11.1 Å². The molecule has 0 fully saturated rings. The molecule has 0 radical (unpaired) electrons. The van der Waals surface area contributed by atoms with Gasteiger partial charge in [-0.3, -0.25) is 14.6 Å². The van der Waals surface area contributed by atoms with Crippen LogP contribution in [0.3, 0.4) is 0 Å². The first-order chi connectivity index (χ1) is 18.0. The van der Waals surface area contributed by atoms with Crippen molar-refractivity contribution in [2.24, 2.45) is 0 Å². The lowest BCUT2D eigenvalue weighted by Gasteiger charge is -2.13. The fourth-order valence-electron chi connectivity index (χ4n) is 3.66. The second kappa shape index (κ2) is 13.6. The van der Waals surface area contributed by atoms with Crippen molar-refractivity contribution in [3.63, 3.8) is 0 Å². The summed E-state index contributed by atoms with van der Waals surface area (Å²) in [5.74, 6) is -0.316. The lowest BCUT2D eigenvalue weighted by molar-refractivity contribution is 0.0945. The summed E-state index contributed by atoms with van der Waals surface area (Å²) >= 11 is 0. The monoisotopic (exact) mass is 496 g/mol. The van der Waals surface area contributed by atoms with Crippen molar-refractivity contribution in [2.45, 2.75) is 13.1 Å². The molecule has 0 aliphatic rings. The number of hydrogen-bond acceptors (Lipinski definition) is 5. The fraction of sp³-hybridized carbons (Fsp3) is 0.167. The molecule has 7 heteroatoms. The minimum absolute atomic E-state index is 0.151. The lowest BCUT2D eigenvalue weighted by Crippen LogP contribution is -2.24. The van der Waals surface area contributed by atoms with Crippen molar-refractivity contribution in [1.29, 1.82) is 0 Å². The number of pyridine rings is 1. The van der Waals surface area contributed by atoms with Gasteiger partial charge in [0.2, 0.25) is 0 Å². The molecule has 0 aliphatic carbocycles. The number of hydrogen-bond donors (Lipinski definition) is 3. The summed E-state index contributed by atoms with van der Waals surface area (Å²) in [5, 5.41) is 12.9. The maximum absolute atomic E-state index is 12.6. The van der Waals surface area contributed by atoms with Gasteiger partial charge in [0.05, 0.1) is 0 Å². The quantitative estimate of drug-likeness (QED) is 0.338. The highest BCUT2D eigenvalue weighted by Gasteiger charge is 2.09. The van der Waals surface area contributed by atoms with Gasteiger partial charge in [-0.25, -0.2) is 0 Å². The van der Waals surface area contributed by atoms with Crippen molar-refractivity contribution in [1.82, 2.24) is 15.6 Å². The first kappa shape index (κ1) is 27.1. The molecule has 2 amide bonds. The van der Waals surface area contributed by atoms with Gasteiger partial charge in [0.1, 0.15) is 0 Å². The van der Waals surface area contributed by atoms with E-state index in [9.17, 15) is 9.59 Å². The summed E-state index contributed by atoms with van der Waals surface area (Å²) in [6, 6.07) is 26.7. The van der Waals surface area contributed by atoms with Crippen LogP contribution < -0.4 is 15.5 Å². The molecule has 0 saturated carbocycles. The average molecular weight is 497 g/mol. The van der Waals surface area contributed by atoms with Gasteiger partial charge in [-0.15, -0.1) is 0 Å². The van der Waals surface area contributed by atoms with Crippen LogP contribution in [0.4, 0.5) is 5.69 Å². The lowest BCUT2D eigenvalue weighted by atomic mass is 10.0. The minimum atomic E-state index is -0.165. The zero-order chi connectivity index (χ0) is 26.6. The maximum atomic E-state index is 12.6. The molecule has 0 bridgehead atoms. The number of aromatic nitrogens is 1. The largest absolute Gasteiger partial charge is 0.400 e. The van der Waals surface area contributed by atoms with Crippen LogP contribution in [0.15, 0.2) is 97.3 Å². The minimum Gasteiger partial charge on any atom is -0.400 e. The standard InChI is InChI=1S/C29H28N4O2.CH4O/c1-33(2)27-12-6-21(7-13-27)19-31-29(35)26-5-3-4-22(18-26)20-32-28(34)25-10-8-23(9-11-25)24-14-16-30-17-15-24;1-2/h3-18H,19-20H2,1-2H3,(H,31,35)(H,32,34);2H,1H3. The number of aliphatic hydroxyl groups is 1. The Morgan fingerprint density at radius 1 is 0.703 bits per heavy atom.